The van der Waals surface area contributed by atoms with Gasteiger partial charge >= 0.3 is 0 Å². The predicted molar refractivity (Wildman–Crippen MR) is 83.0 cm³/mol. The lowest BCUT2D eigenvalue weighted by Gasteiger charge is -2.23. The monoisotopic (exact) mass is 335 g/mol. The van der Waals surface area contributed by atoms with Crippen molar-refractivity contribution in [2.45, 2.75) is 31.7 Å². The first-order valence-corrected chi connectivity index (χ1v) is 7.89. The maximum Gasteiger partial charge on any atom is 0.148 e. The zero-order valence-electron chi connectivity index (χ0n) is 11.3. The molecule has 3 heterocycles. The van der Waals surface area contributed by atoms with E-state index in [9.17, 15) is 0 Å². The number of aromatic nitrogens is 2. The van der Waals surface area contributed by atoms with Crippen LogP contribution in [-0.2, 0) is 0 Å². The first-order chi connectivity index (χ1) is 9.83. The van der Waals surface area contributed by atoms with Gasteiger partial charge in [0.1, 0.15) is 11.3 Å². The lowest BCUT2D eigenvalue weighted by molar-refractivity contribution is 0.270. The fraction of sp³-hybridized carbons (Fsp3) is 0.467. The number of hydrogen-bond acceptors (Lipinski definition) is 4. The minimum atomic E-state index is 0.596. The van der Waals surface area contributed by atoms with E-state index in [1.54, 1.807) is 12.4 Å². The van der Waals surface area contributed by atoms with Crippen molar-refractivity contribution in [3.05, 3.63) is 29.0 Å². The Morgan fingerprint density at radius 1 is 1.35 bits per heavy atom. The van der Waals surface area contributed by atoms with Crippen molar-refractivity contribution < 1.29 is 4.74 Å². The number of nitrogens with zero attached hydrogens (tertiary/aromatic N) is 2. The van der Waals surface area contributed by atoms with Gasteiger partial charge < -0.3 is 10.1 Å². The number of fused-ring (bicyclic) bond motifs is 1. The van der Waals surface area contributed by atoms with Gasteiger partial charge in [-0.1, -0.05) is 6.42 Å². The second kappa shape index (κ2) is 6.50. The SMILES string of the molecule is Brc1cnc2c(OCCC3CCCCN3)ccnc2c1. The molecule has 0 saturated carbocycles. The van der Waals surface area contributed by atoms with Gasteiger partial charge in [0.2, 0.25) is 0 Å². The molecule has 1 aliphatic rings. The van der Waals surface area contributed by atoms with E-state index in [2.05, 4.69) is 31.2 Å². The largest absolute Gasteiger partial charge is 0.491 e. The zero-order chi connectivity index (χ0) is 13.8. The molecule has 0 aliphatic carbocycles. The molecule has 0 radical (unpaired) electrons. The Kier molecular flexibility index (Phi) is 4.47. The predicted octanol–water partition coefficient (Wildman–Crippen LogP) is 3.30. The van der Waals surface area contributed by atoms with Crippen molar-refractivity contribution >= 4 is 27.0 Å². The Bertz CT molecular complexity index is 584. The maximum atomic E-state index is 5.90. The third kappa shape index (κ3) is 3.27. The number of hydrogen-bond donors (Lipinski definition) is 1. The first kappa shape index (κ1) is 13.8. The van der Waals surface area contributed by atoms with E-state index in [1.807, 2.05) is 12.1 Å². The van der Waals surface area contributed by atoms with Crippen molar-refractivity contribution in [2.24, 2.45) is 0 Å². The Hall–Kier alpha value is -1.20. The molecule has 5 heteroatoms. The fourth-order valence-corrected chi connectivity index (χ4v) is 2.90. The molecule has 3 rings (SSSR count). The van der Waals surface area contributed by atoms with Gasteiger partial charge in [-0.25, -0.2) is 4.98 Å². The third-order valence-corrected chi connectivity index (χ3v) is 4.08. The van der Waals surface area contributed by atoms with Crippen molar-refractivity contribution in [2.75, 3.05) is 13.2 Å². The van der Waals surface area contributed by atoms with Crippen LogP contribution < -0.4 is 10.1 Å². The molecule has 1 saturated heterocycles. The molecule has 0 amide bonds. The molecule has 0 aromatic carbocycles. The highest BCUT2D eigenvalue weighted by Gasteiger charge is 2.12. The van der Waals surface area contributed by atoms with Crippen LogP contribution in [0.5, 0.6) is 5.75 Å². The summed E-state index contributed by atoms with van der Waals surface area (Å²) in [5.41, 5.74) is 1.68. The lowest BCUT2D eigenvalue weighted by atomic mass is 10.0. The van der Waals surface area contributed by atoms with Crippen molar-refractivity contribution in [1.29, 1.82) is 0 Å². The average Bonchev–Trinajstić information content (AvgIpc) is 2.48. The third-order valence-electron chi connectivity index (χ3n) is 3.64. The van der Waals surface area contributed by atoms with Crippen LogP contribution in [0.4, 0.5) is 0 Å². The van der Waals surface area contributed by atoms with Crippen LogP contribution in [0.2, 0.25) is 0 Å². The number of piperidine rings is 1. The number of pyridine rings is 2. The van der Waals surface area contributed by atoms with Crippen LogP contribution in [0.3, 0.4) is 0 Å². The van der Waals surface area contributed by atoms with Crippen molar-refractivity contribution in [3.8, 4) is 5.75 Å². The molecule has 1 fully saturated rings. The van der Waals surface area contributed by atoms with Gasteiger partial charge in [-0.3, -0.25) is 4.98 Å². The average molecular weight is 336 g/mol. The Morgan fingerprint density at radius 2 is 2.30 bits per heavy atom. The van der Waals surface area contributed by atoms with Gasteiger partial charge in [0.15, 0.2) is 0 Å². The summed E-state index contributed by atoms with van der Waals surface area (Å²) in [6.45, 7) is 1.85. The number of rotatable bonds is 4. The van der Waals surface area contributed by atoms with Gasteiger partial charge in [0, 0.05) is 29.0 Å². The van der Waals surface area contributed by atoms with Crippen LogP contribution in [0, 0.1) is 0 Å². The molecule has 2 aromatic rings. The highest BCUT2D eigenvalue weighted by Crippen LogP contribution is 2.24. The van der Waals surface area contributed by atoms with Gasteiger partial charge in [-0.2, -0.15) is 0 Å². The van der Waals surface area contributed by atoms with E-state index >= 15 is 0 Å². The van der Waals surface area contributed by atoms with Crippen molar-refractivity contribution in [3.63, 3.8) is 0 Å². The van der Waals surface area contributed by atoms with Gasteiger partial charge in [-0.15, -0.1) is 0 Å². The van der Waals surface area contributed by atoms with Gasteiger partial charge in [0.05, 0.1) is 12.1 Å². The highest BCUT2D eigenvalue weighted by atomic mass is 79.9. The smallest absolute Gasteiger partial charge is 0.148 e. The number of nitrogens with one attached hydrogen (secondary N) is 1. The Labute approximate surface area is 127 Å². The Morgan fingerprint density at radius 3 is 3.15 bits per heavy atom. The second-order valence-corrected chi connectivity index (χ2v) is 6.03. The molecule has 1 atom stereocenters. The fourth-order valence-electron chi connectivity index (χ4n) is 2.58. The quantitative estimate of drug-likeness (QED) is 0.931. The van der Waals surface area contributed by atoms with E-state index in [0.29, 0.717) is 12.6 Å². The molecule has 4 nitrogen and oxygen atoms in total. The summed E-state index contributed by atoms with van der Waals surface area (Å²) in [4.78, 5) is 8.71. The Balaban J connectivity index is 1.65. The minimum Gasteiger partial charge on any atom is -0.491 e. The van der Waals surface area contributed by atoms with Crippen LogP contribution in [-0.4, -0.2) is 29.2 Å². The van der Waals surface area contributed by atoms with E-state index in [4.69, 9.17) is 4.74 Å². The molecule has 0 spiro atoms. The molecular formula is C15H18BrN3O. The maximum absolute atomic E-state index is 5.90. The molecule has 2 aromatic heterocycles. The summed E-state index contributed by atoms with van der Waals surface area (Å²) in [6, 6.07) is 4.44. The van der Waals surface area contributed by atoms with Crippen LogP contribution in [0.25, 0.3) is 11.0 Å². The van der Waals surface area contributed by atoms with Gasteiger partial charge in [-0.05, 0) is 47.8 Å². The molecule has 0 bridgehead atoms. The molecule has 20 heavy (non-hydrogen) atoms. The zero-order valence-corrected chi connectivity index (χ0v) is 12.9. The van der Waals surface area contributed by atoms with E-state index in [1.165, 1.54) is 19.3 Å². The first-order valence-electron chi connectivity index (χ1n) is 7.09. The van der Waals surface area contributed by atoms with Gasteiger partial charge in [0.25, 0.3) is 0 Å². The number of ether oxygens (including phenoxy) is 1. The van der Waals surface area contributed by atoms with Crippen LogP contribution in [0.15, 0.2) is 29.0 Å². The summed E-state index contributed by atoms with van der Waals surface area (Å²) in [7, 11) is 0. The molecule has 1 N–H and O–H groups in total. The molecule has 1 unspecified atom stereocenters. The van der Waals surface area contributed by atoms with E-state index in [-0.39, 0.29) is 0 Å². The number of halogens is 1. The summed E-state index contributed by atoms with van der Waals surface area (Å²) in [5, 5.41) is 3.54. The van der Waals surface area contributed by atoms with E-state index in [0.717, 1.165) is 34.2 Å². The summed E-state index contributed by atoms with van der Waals surface area (Å²) >= 11 is 3.41. The molecular weight excluding hydrogens is 318 g/mol. The molecule has 106 valence electrons. The highest BCUT2D eigenvalue weighted by molar-refractivity contribution is 9.10. The summed E-state index contributed by atoms with van der Waals surface area (Å²) in [6.07, 6.45) is 8.47. The normalized spacial score (nSPS) is 19.1. The van der Waals surface area contributed by atoms with E-state index < -0.39 is 0 Å². The summed E-state index contributed by atoms with van der Waals surface area (Å²) < 4.78 is 6.84. The van der Waals surface area contributed by atoms with Crippen LogP contribution in [0.1, 0.15) is 25.7 Å². The minimum absolute atomic E-state index is 0.596. The topological polar surface area (TPSA) is 47.0 Å². The lowest BCUT2D eigenvalue weighted by Crippen LogP contribution is -2.35. The standard InChI is InChI=1S/C15H18BrN3O/c16-11-9-13-15(19-10-11)14(4-7-18-13)20-8-5-12-3-1-2-6-17-12/h4,7,9-10,12,17H,1-3,5-6,8H2. The summed E-state index contributed by atoms with van der Waals surface area (Å²) in [5.74, 6) is 0.818. The van der Waals surface area contributed by atoms with Crippen molar-refractivity contribution in [1.82, 2.24) is 15.3 Å². The molecule has 1 aliphatic heterocycles. The van der Waals surface area contributed by atoms with Crippen LogP contribution >= 0.6 is 15.9 Å². The second-order valence-electron chi connectivity index (χ2n) is 5.11.